The average Bonchev–Trinajstić information content (AvgIpc) is 2.64. The van der Waals surface area contributed by atoms with Crippen LogP contribution in [0, 0.1) is 0 Å². The summed E-state index contributed by atoms with van der Waals surface area (Å²) in [7, 11) is 0. The van der Waals surface area contributed by atoms with Crippen molar-refractivity contribution in [3.8, 4) is 0 Å². The summed E-state index contributed by atoms with van der Waals surface area (Å²) in [5, 5.41) is 10.0. The smallest absolute Gasteiger partial charge is 0.0540 e. The van der Waals surface area contributed by atoms with Gasteiger partial charge in [0.15, 0.2) is 0 Å². The molecule has 0 fully saturated rings. The van der Waals surface area contributed by atoms with Crippen LogP contribution in [0.4, 0.5) is 0 Å². The highest BCUT2D eigenvalue weighted by atomic mass is 16.3. The summed E-state index contributed by atoms with van der Waals surface area (Å²) in [5.74, 6) is 0. The maximum absolute atomic E-state index is 10.0. The third-order valence-electron chi connectivity index (χ3n) is 5.78. The lowest BCUT2D eigenvalue weighted by atomic mass is 10.0. The van der Waals surface area contributed by atoms with Crippen LogP contribution in [0.3, 0.4) is 0 Å². The monoisotopic (exact) mass is 368 g/mol. The lowest BCUT2D eigenvalue weighted by Gasteiger charge is -2.10. The first-order chi connectivity index (χ1) is 12.8. The Labute approximate surface area is 166 Å². The second kappa shape index (κ2) is 23.0. The molecule has 0 spiro atoms. The van der Waals surface area contributed by atoms with Crippen LogP contribution < -0.4 is 0 Å². The molecule has 0 aliphatic heterocycles. The zero-order valence-corrected chi connectivity index (χ0v) is 18.6. The van der Waals surface area contributed by atoms with Crippen LogP contribution in [0.15, 0.2) is 0 Å². The van der Waals surface area contributed by atoms with Crippen molar-refractivity contribution in [2.45, 2.75) is 161 Å². The number of unbranched alkanes of at least 4 members (excludes halogenated alkanes) is 18. The lowest BCUT2D eigenvalue weighted by Crippen LogP contribution is -2.05. The molecule has 1 N–H and O–H groups in total. The summed E-state index contributed by atoms with van der Waals surface area (Å²) in [5.41, 5.74) is 0. The summed E-state index contributed by atoms with van der Waals surface area (Å²) < 4.78 is 0. The number of aliphatic hydroxyl groups is 1. The second-order valence-electron chi connectivity index (χ2n) is 8.60. The van der Waals surface area contributed by atoms with Gasteiger partial charge < -0.3 is 5.11 Å². The predicted octanol–water partition coefficient (Wildman–Crippen LogP) is 8.97. The van der Waals surface area contributed by atoms with Crippen LogP contribution in [0.2, 0.25) is 0 Å². The molecular weight excluding hydrogens is 316 g/mol. The summed E-state index contributed by atoms with van der Waals surface area (Å²) in [4.78, 5) is 0. The third kappa shape index (κ3) is 22.0. The van der Waals surface area contributed by atoms with Crippen molar-refractivity contribution >= 4 is 0 Å². The Morgan fingerprint density at radius 2 is 0.615 bits per heavy atom. The average molecular weight is 369 g/mol. The van der Waals surface area contributed by atoms with Gasteiger partial charge in [0.2, 0.25) is 0 Å². The van der Waals surface area contributed by atoms with E-state index in [1.165, 1.54) is 128 Å². The van der Waals surface area contributed by atoms with E-state index in [4.69, 9.17) is 0 Å². The van der Waals surface area contributed by atoms with E-state index in [1.807, 2.05) is 0 Å². The Kier molecular flexibility index (Phi) is 23.0. The number of hydrogen-bond donors (Lipinski definition) is 1. The van der Waals surface area contributed by atoms with Gasteiger partial charge in [0.05, 0.1) is 6.10 Å². The minimum absolute atomic E-state index is 0.0291. The highest BCUT2D eigenvalue weighted by Crippen LogP contribution is 2.15. The molecule has 0 heterocycles. The standard InChI is InChI=1S/C25H52O/c1-3-5-7-9-10-11-12-13-14-15-16-17-18-20-22-24-25(26)23-21-19-8-6-4-2/h25-26H,3-24H2,1-2H3. The van der Waals surface area contributed by atoms with E-state index < -0.39 is 0 Å². The summed E-state index contributed by atoms with van der Waals surface area (Å²) in [6.45, 7) is 4.55. The minimum atomic E-state index is -0.0291. The first-order valence-electron chi connectivity index (χ1n) is 12.5. The molecule has 1 atom stereocenters. The molecule has 0 aliphatic carbocycles. The van der Waals surface area contributed by atoms with Gasteiger partial charge in [0, 0.05) is 0 Å². The van der Waals surface area contributed by atoms with Crippen LogP contribution in [-0.2, 0) is 0 Å². The van der Waals surface area contributed by atoms with Gasteiger partial charge in [-0.1, -0.05) is 142 Å². The van der Waals surface area contributed by atoms with Gasteiger partial charge >= 0.3 is 0 Å². The molecule has 0 bridgehead atoms. The Morgan fingerprint density at radius 3 is 0.885 bits per heavy atom. The maximum Gasteiger partial charge on any atom is 0.0540 e. The highest BCUT2D eigenvalue weighted by molar-refractivity contribution is 4.57. The zero-order chi connectivity index (χ0) is 19.1. The van der Waals surface area contributed by atoms with Gasteiger partial charge in [0.25, 0.3) is 0 Å². The molecule has 0 aliphatic rings. The normalized spacial score (nSPS) is 12.6. The summed E-state index contributed by atoms with van der Waals surface area (Å²) in [6, 6.07) is 0. The van der Waals surface area contributed by atoms with Crippen molar-refractivity contribution in [2.75, 3.05) is 0 Å². The molecule has 1 nitrogen and oxygen atoms in total. The van der Waals surface area contributed by atoms with E-state index in [2.05, 4.69) is 13.8 Å². The molecule has 0 saturated carbocycles. The summed E-state index contributed by atoms with van der Waals surface area (Å²) in [6.07, 6.45) is 29.8. The molecule has 1 heteroatoms. The van der Waals surface area contributed by atoms with E-state index in [0.29, 0.717) is 0 Å². The molecule has 0 aromatic rings. The molecular formula is C25H52O. The van der Waals surface area contributed by atoms with Gasteiger partial charge in [-0.05, 0) is 12.8 Å². The molecule has 0 saturated heterocycles. The SMILES string of the molecule is CCCCCCCCCCCCCCCCCC(O)CCCCCCC. The van der Waals surface area contributed by atoms with E-state index >= 15 is 0 Å². The van der Waals surface area contributed by atoms with Gasteiger partial charge in [-0.3, -0.25) is 0 Å². The van der Waals surface area contributed by atoms with Crippen LogP contribution >= 0.6 is 0 Å². The van der Waals surface area contributed by atoms with Crippen molar-refractivity contribution in [1.82, 2.24) is 0 Å². The van der Waals surface area contributed by atoms with Crippen molar-refractivity contribution < 1.29 is 5.11 Å². The molecule has 158 valence electrons. The van der Waals surface area contributed by atoms with Crippen molar-refractivity contribution in [3.63, 3.8) is 0 Å². The fourth-order valence-electron chi connectivity index (χ4n) is 3.88. The maximum atomic E-state index is 10.0. The topological polar surface area (TPSA) is 20.2 Å². The van der Waals surface area contributed by atoms with E-state index in [0.717, 1.165) is 12.8 Å². The number of aliphatic hydroxyl groups excluding tert-OH is 1. The Hall–Kier alpha value is -0.0400. The highest BCUT2D eigenvalue weighted by Gasteiger charge is 2.03. The third-order valence-corrected chi connectivity index (χ3v) is 5.78. The predicted molar refractivity (Wildman–Crippen MR) is 119 cm³/mol. The quantitative estimate of drug-likeness (QED) is 0.189. The molecule has 0 aromatic heterocycles. The van der Waals surface area contributed by atoms with Crippen molar-refractivity contribution in [1.29, 1.82) is 0 Å². The number of hydrogen-bond acceptors (Lipinski definition) is 1. The molecule has 1 unspecified atom stereocenters. The Morgan fingerprint density at radius 1 is 0.385 bits per heavy atom. The van der Waals surface area contributed by atoms with Crippen LogP contribution in [-0.4, -0.2) is 11.2 Å². The van der Waals surface area contributed by atoms with Crippen molar-refractivity contribution in [2.24, 2.45) is 0 Å². The summed E-state index contributed by atoms with van der Waals surface area (Å²) >= 11 is 0. The fraction of sp³-hybridized carbons (Fsp3) is 1.00. The van der Waals surface area contributed by atoms with Gasteiger partial charge in [-0.2, -0.15) is 0 Å². The van der Waals surface area contributed by atoms with Crippen LogP contribution in [0.1, 0.15) is 155 Å². The fourth-order valence-corrected chi connectivity index (χ4v) is 3.88. The lowest BCUT2D eigenvalue weighted by molar-refractivity contribution is 0.147. The molecule has 0 aromatic carbocycles. The molecule has 26 heavy (non-hydrogen) atoms. The molecule has 0 radical (unpaired) electrons. The number of rotatable bonds is 22. The first-order valence-corrected chi connectivity index (χ1v) is 12.5. The first kappa shape index (κ1) is 26.0. The van der Waals surface area contributed by atoms with E-state index in [-0.39, 0.29) is 6.10 Å². The minimum Gasteiger partial charge on any atom is -0.393 e. The Bertz CT molecular complexity index is 238. The van der Waals surface area contributed by atoms with Gasteiger partial charge in [-0.15, -0.1) is 0 Å². The van der Waals surface area contributed by atoms with E-state index in [1.54, 1.807) is 0 Å². The van der Waals surface area contributed by atoms with Crippen molar-refractivity contribution in [3.05, 3.63) is 0 Å². The Balaban J connectivity index is 3.08. The second-order valence-corrected chi connectivity index (χ2v) is 8.60. The van der Waals surface area contributed by atoms with Gasteiger partial charge in [-0.25, -0.2) is 0 Å². The zero-order valence-electron chi connectivity index (χ0n) is 18.6. The van der Waals surface area contributed by atoms with E-state index in [9.17, 15) is 5.11 Å². The molecule has 0 amide bonds. The van der Waals surface area contributed by atoms with Crippen LogP contribution in [0.25, 0.3) is 0 Å². The van der Waals surface area contributed by atoms with Gasteiger partial charge in [0.1, 0.15) is 0 Å². The largest absolute Gasteiger partial charge is 0.393 e. The molecule has 0 rings (SSSR count). The van der Waals surface area contributed by atoms with Crippen LogP contribution in [0.5, 0.6) is 0 Å².